The largest absolute Gasteiger partial charge is 0.369 e. The first-order chi connectivity index (χ1) is 17.8. The molecule has 3 aliphatic heterocycles. The molecule has 37 heavy (non-hydrogen) atoms. The number of fused-ring (bicyclic) bond motifs is 1. The van der Waals surface area contributed by atoms with E-state index in [1.54, 1.807) is 16.7 Å². The van der Waals surface area contributed by atoms with E-state index in [1.807, 2.05) is 30.5 Å². The SMILES string of the molecule is CS[C@H]1CN(C(=O)C2(NC(=O)c3ccc(N4CCN(C(C)C)CC4)cc3)CCCCC2)[C@@H]2C(=O)CO[C@H]12. The summed E-state index contributed by atoms with van der Waals surface area (Å²) in [4.78, 5) is 46.7. The van der Waals surface area contributed by atoms with Crippen molar-refractivity contribution in [2.75, 3.05) is 50.5 Å². The first-order valence-electron chi connectivity index (χ1n) is 13.7. The van der Waals surface area contributed by atoms with E-state index in [9.17, 15) is 14.4 Å². The highest BCUT2D eigenvalue weighted by molar-refractivity contribution is 7.99. The van der Waals surface area contributed by atoms with E-state index >= 15 is 0 Å². The maximum atomic E-state index is 14.1. The average molecular weight is 529 g/mol. The van der Waals surface area contributed by atoms with Crippen LogP contribution in [-0.2, 0) is 14.3 Å². The molecule has 0 bridgehead atoms. The first kappa shape index (κ1) is 26.5. The molecule has 0 aromatic heterocycles. The number of carbonyl (C=O) groups is 3. The molecule has 3 saturated heterocycles. The highest BCUT2D eigenvalue weighted by Gasteiger charge is 2.56. The summed E-state index contributed by atoms with van der Waals surface area (Å²) >= 11 is 1.64. The second-order valence-corrected chi connectivity index (χ2v) is 12.3. The third-order valence-corrected chi connectivity index (χ3v) is 9.73. The molecule has 3 heterocycles. The lowest BCUT2D eigenvalue weighted by Gasteiger charge is -2.40. The minimum Gasteiger partial charge on any atom is -0.369 e. The molecular weight excluding hydrogens is 488 g/mol. The molecule has 2 amide bonds. The Morgan fingerprint density at radius 3 is 2.35 bits per heavy atom. The van der Waals surface area contributed by atoms with Crippen LogP contribution in [0.25, 0.3) is 0 Å². The number of benzene rings is 1. The van der Waals surface area contributed by atoms with Crippen molar-refractivity contribution >= 4 is 35.0 Å². The van der Waals surface area contributed by atoms with Crippen LogP contribution in [0.3, 0.4) is 0 Å². The number of nitrogens with zero attached hydrogens (tertiary/aromatic N) is 3. The van der Waals surface area contributed by atoms with Crippen LogP contribution in [0.1, 0.15) is 56.3 Å². The number of ether oxygens (including phenoxy) is 1. The minimum atomic E-state index is -0.970. The lowest BCUT2D eigenvalue weighted by Crippen LogP contribution is -2.62. The molecule has 0 unspecified atom stereocenters. The number of ketones is 1. The van der Waals surface area contributed by atoms with Gasteiger partial charge < -0.3 is 19.9 Å². The standard InChI is InChI=1S/C28H40N4O4S/c1-19(2)30-13-15-31(16-14-30)21-9-7-20(8-10-21)26(34)29-28(11-5-4-6-12-28)27(35)32-17-23(37-3)25-24(32)22(33)18-36-25/h7-10,19,23-25H,4-6,11-18H2,1-3H3,(H,29,34)/t23-,24+,25+/m0/s1. The number of hydrogen-bond acceptors (Lipinski definition) is 7. The number of likely N-dealkylation sites (tertiary alicyclic amines) is 1. The molecule has 1 aromatic carbocycles. The van der Waals surface area contributed by atoms with Crippen LogP contribution < -0.4 is 10.2 Å². The number of amides is 2. The molecule has 9 heteroatoms. The van der Waals surface area contributed by atoms with Gasteiger partial charge in [-0.15, -0.1) is 0 Å². The van der Waals surface area contributed by atoms with Crippen LogP contribution >= 0.6 is 11.8 Å². The number of nitrogens with one attached hydrogen (secondary N) is 1. The summed E-state index contributed by atoms with van der Waals surface area (Å²) in [6.45, 7) is 9.02. The predicted octanol–water partition coefficient (Wildman–Crippen LogP) is 2.56. The van der Waals surface area contributed by atoms with Gasteiger partial charge in [0.25, 0.3) is 5.91 Å². The van der Waals surface area contributed by atoms with Gasteiger partial charge in [0, 0.05) is 50.0 Å². The fraction of sp³-hybridized carbons (Fsp3) is 0.679. The van der Waals surface area contributed by atoms with E-state index in [1.165, 1.54) is 0 Å². The quantitative estimate of drug-likeness (QED) is 0.608. The highest BCUT2D eigenvalue weighted by atomic mass is 32.2. The van der Waals surface area contributed by atoms with Crippen molar-refractivity contribution in [1.29, 1.82) is 0 Å². The Balaban J connectivity index is 1.29. The maximum Gasteiger partial charge on any atom is 0.252 e. The van der Waals surface area contributed by atoms with Crippen LogP contribution in [0.4, 0.5) is 5.69 Å². The maximum absolute atomic E-state index is 14.1. The van der Waals surface area contributed by atoms with Crippen LogP contribution in [-0.4, -0.2) is 102 Å². The molecule has 1 N–H and O–H groups in total. The summed E-state index contributed by atoms with van der Waals surface area (Å²) in [7, 11) is 0. The van der Waals surface area contributed by atoms with Crippen LogP contribution in [0.15, 0.2) is 24.3 Å². The molecule has 1 aliphatic carbocycles. The molecule has 4 aliphatic rings. The zero-order valence-corrected chi connectivity index (χ0v) is 23.1. The smallest absolute Gasteiger partial charge is 0.252 e. The summed E-state index contributed by atoms with van der Waals surface area (Å²) in [5.41, 5.74) is 0.709. The van der Waals surface area contributed by atoms with Gasteiger partial charge in [0.2, 0.25) is 5.91 Å². The monoisotopic (exact) mass is 528 g/mol. The third-order valence-electron chi connectivity index (χ3n) is 8.71. The molecule has 8 nitrogen and oxygen atoms in total. The molecule has 5 rings (SSSR count). The van der Waals surface area contributed by atoms with E-state index in [4.69, 9.17) is 4.74 Å². The number of hydrogen-bond donors (Lipinski definition) is 1. The van der Waals surface area contributed by atoms with Crippen molar-refractivity contribution in [3.05, 3.63) is 29.8 Å². The van der Waals surface area contributed by atoms with Gasteiger partial charge in [-0.05, 0) is 57.2 Å². The second-order valence-electron chi connectivity index (χ2n) is 11.2. The number of piperazine rings is 1. The first-order valence-corrected chi connectivity index (χ1v) is 15.0. The van der Waals surface area contributed by atoms with Gasteiger partial charge >= 0.3 is 0 Å². The van der Waals surface area contributed by atoms with Crippen molar-refractivity contribution in [2.45, 2.75) is 74.9 Å². The molecule has 0 radical (unpaired) electrons. The fourth-order valence-electron chi connectivity index (χ4n) is 6.46. The Labute approximate surface area is 224 Å². The van der Waals surface area contributed by atoms with E-state index in [0.717, 1.165) is 51.1 Å². The third kappa shape index (κ3) is 5.14. The van der Waals surface area contributed by atoms with Gasteiger partial charge in [0.05, 0.1) is 11.4 Å². The molecule has 4 fully saturated rings. The summed E-state index contributed by atoms with van der Waals surface area (Å²) < 4.78 is 5.76. The molecule has 0 spiro atoms. The summed E-state index contributed by atoms with van der Waals surface area (Å²) in [5.74, 6) is -0.375. The summed E-state index contributed by atoms with van der Waals surface area (Å²) in [5, 5.41) is 3.24. The van der Waals surface area contributed by atoms with Crippen molar-refractivity contribution in [3.63, 3.8) is 0 Å². The van der Waals surface area contributed by atoms with Gasteiger partial charge in [-0.3, -0.25) is 19.3 Å². The van der Waals surface area contributed by atoms with E-state index in [2.05, 4.69) is 29.0 Å². The normalized spacial score (nSPS) is 28.0. The number of Topliss-reactive ketones (excluding diaryl/α,β-unsaturated/α-hetero) is 1. The van der Waals surface area contributed by atoms with Gasteiger partial charge in [-0.1, -0.05) is 19.3 Å². The number of anilines is 1. The van der Waals surface area contributed by atoms with Crippen molar-refractivity contribution in [1.82, 2.24) is 15.1 Å². The summed E-state index contributed by atoms with van der Waals surface area (Å²) in [6, 6.07) is 7.78. The summed E-state index contributed by atoms with van der Waals surface area (Å²) in [6.07, 6.45) is 5.75. The topological polar surface area (TPSA) is 82.2 Å². The van der Waals surface area contributed by atoms with Crippen molar-refractivity contribution < 1.29 is 19.1 Å². The van der Waals surface area contributed by atoms with Crippen LogP contribution in [0.2, 0.25) is 0 Å². The molecular formula is C28H40N4O4S. The highest BCUT2D eigenvalue weighted by Crippen LogP contribution is 2.38. The van der Waals surface area contributed by atoms with Crippen LogP contribution in [0.5, 0.6) is 0 Å². The predicted molar refractivity (Wildman–Crippen MR) is 146 cm³/mol. The Hall–Kier alpha value is -2.10. The lowest BCUT2D eigenvalue weighted by atomic mass is 9.80. The number of thioether (sulfide) groups is 1. The second kappa shape index (κ2) is 10.9. The van der Waals surface area contributed by atoms with Gasteiger partial charge in [0.1, 0.15) is 18.2 Å². The van der Waals surface area contributed by atoms with Gasteiger partial charge in [-0.2, -0.15) is 11.8 Å². The van der Waals surface area contributed by atoms with Gasteiger partial charge in [-0.25, -0.2) is 0 Å². The zero-order valence-electron chi connectivity index (χ0n) is 22.3. The van der Waals surface area contributed by atoms with Crippen molar-refractivity contribution in [2.24, 2.45) is 0 Å². The minimum absolute atomic E-state index is 0.0306. The van der Waals surface area contributed by atoms with E-state index in [0.29, 0.717) is 31.0 Å². The Morgan fingerprint density at radius 1 is 1.05 bits per heavy atom. The Bertz CT molecular complexity index is 1000. The van der Waals surface area contributed by atoms with E-state index < -0.39 is 11.6 Å². The molecule has 202 valence electrons. The molecule has 3 atom stereocenters. The Kier molecular flexibility index (Phi) is 7.84. The van der Waals surface area contributed by atoms with Crippen molar-refractivity contribution in [3.8, 4) is 0 Å². The molecule has 1 aromatic rings. The molecule has 1 saturated carbocycles. The zero-order chi connectivity index (χ0) is 26.2. The number of carbonyl (C=O) groups excluding carboxylic acids is 3. The lowest BCUT2D eigenvalue weighted by molar-refractivity contribution is -0.143. The fourth-order valence-corrected chi connectivity index (χ4v) is 7.27. The van der Waals surface area contributed by atoms with Crippen LogP contribution in [0, 0.1) is 0 Å². The number of rotatable bonds is 6. The van der Waals surface area contributed by atoms with E-state index in [-0.39, 0.29) is 35.6 Å². The Morgan fingerprint density at radius 2 is 1.73 bits per heavy atom. The average Bonchev–Trinajstić information content (AvgIpc) is 3.49. The van der Waals surface area contributed by atoms with Gasteiger partial charge in [0.15, 0.2) is 5.78 Å².